The predicted octanol–water partition coefficient (Wildman–Crippen LogP) is 12.0. The van der Waals surface area contributed by atoms with Gasteiger partial charge in [0.1, 0.15) is 0 Å². The molecule has 1 heterocycles. The van der Waals surface area contributed by atoms with E-state index in [1.54, 1.807) is 0 Å². The van der Waals surface area contributed by atoms with Crippen LogP contribution in [0.25, 0.3) is 82.4 Å². The van der Waals surface area contributed by atoms with Gasteiger partial charge >= 0.3 is 0 Å². The Hall–Kier alpha value is -6.43. The minimum absolute atomic E-state index is 0.185. The fraction of sp³-hybridized carbons (Fsp3) is 0. The summed E-state index contributed by atoms with van der Waals surface area (Å²) in [4.78, 5) is 0. The predicted molar refractivity (Wildman–Crippen MR) is 197 cm³/mol. The molecule has 0 N–H and O–H groups in total. The van der Waals surface area contributed by atoms with Gasteiger partial charge in [-0.2, -0.15) is 5.26 Å². The van der Waals surface area contributed by atoms with Crippen molar-refractivity contribution in [3.05, 3.63) is 175 Å². The number of aromatic nitrogens is 1. The maximum atomic E-state index is 10.2. The van der Waals surface area contributed by atoms with Gasteiger partial charge in [0.25, 0.3) is 0 Å². The van der Waals surface area contributed by atoms with E-state index in [4.69, 9.17) is 6.85 Å². The molecule has 0 radical (unpaired) electrons. The summed E-state index contributed by atoms with van der Waals surface area (Å²) in [5.41, 5.74) is 8.16. The lowest BCUT2D eigenvalue weighted by molar-refractivity contribution is 1.18. The van der Waals surface area contributed by atoms with Crippen LogP contribution in [-0.4, -0.2) is 4.57 Å². The van der Waals surface area contributed by atoms with Crippen LogP contribution in [0.1, 0.15) is 12.4 Å². The minimum Gasteiger partial charge on any atom is -0.309 e. The normalized spacial score (nSPS) is 12.9. The first-order valence-corrected chi connectivity index (χ1v) is 15.5. The van der Waals surface area contributed by atoms with E-state index in [9.17, 15) is 5.26 Å². The summed E-state index contributed by atoms with van der Waals surface area (Å²) in [6.07, 6.45) is 0. The Morgan fingerprint density at radius 2 is 0.957 bits per heavy atom. The van der Waals surface area contributed by atoms with Gasteiger partial charge in [0.15, 0.2) is 0 Å². The Balaban J connectivity index is 1.29. The van der Waals surface area contributed by atoms with Crippen molar-refractivity contribution in [2.75, 3.05) is 0 Å². The topological polar surface area (TPSA) is 28.7 Å². The Labute approximate surface area is 280 Å². The molecule has 0 aliphatic carbocycles. The molecule has 47 heavy (non-hydrogen) atoms. The summed E-state index contributed by atoms with van der Waals surface area (Å²) < 4.78 is 45.0. The van der Waals surface area contributed by atoms with Crippen molar-refractivity contribution in [3.63, 3.8) is 0 Å². The van der Waals surface area contributed by atoms with E-state index < -0.39 is 6.04 Å². The van der Waals surface area contributed by atoms with Crippen LogP contribution in [0.3, 0.4) is 0 Å². The molecule has 1 aromatic heterocycles. The molecule has 0 atom stereocenters. The highest BCUT2D eigenvalue weighted by Gasteiger charge is 2.18. The summed E-state index contributed by atoms with van der Waals surface area (Å²) in [7, 11) is 0. The lowest BCUT2D eigenvalue weighted by atomic mass is 9.85. The zero-order valence-corrected chi connectivity index (χ0v) is 25.2. The molecule has 0 saturated heterocycles. The fourth-order valence-electron chi connectivity index (χ4n) is 7.11. The van der Waals surface area contributed by atoms with E-state index in [1.807, 2.05) is 91.0 Å². The molecule has 218 valence electrons. The SMILES string of the molecule is [2H]c1c([2H])c([2H])c(-c2c3ccccc3c(-c3cccc(-c4cc(C#N)cc(-n5c6ccccc6c6ccccc65)c4)c3)c3ccccc23)c([2H])c1[2H]. The first kappa shape index (κ1) is 22.1. The Kier molecular flexibility index (Phi) is 5.12. The lowest BCUT2D eigenvalue weighted by Gasteiger charge is -2.18. The van der Waals surface area contributed by atoms with Gasteiger partial charge in [-0.25, -0.2) is 0 Å². The van der Waals surface area contributed by atoms with E-state index in [2.05, 4.69) is 59.2 Å². The molecule has 9 aromatic rings. The van der Waals surface area contributed by atoms with E-state index in [-0.39, 0.29) is 29.7 Å². The molecule has 0 aliphatic rings. The summed E-state index contributed by atoms with van der Waals surface area (Å²) >= 11 is 0. The third-order valence-corrected chi connectivity index (χ3v) is 9.05. The first-order chi connectivity index (χ1) is 25.4. The van der Waals surface area contributed by atoms with Gasteiger partial charge in [-0.1, -0.05) is 133 Å². The Bertz CT molecular complexity index is 2850. The maximum Gasteiger partial charge on any atom is 0.0992 e. The Morgan fingerprint density at radius 1 is 0.447 bits per heavy atom. The number of hydrogen-bond acceptors (Lipinski definition) is 1. The lowest BCUT2D eigenvalue weighted by Crippen LogP contribution is -1.96. The van der Waals surface area contributed by atoms with Crippen molar-refractivity contribution < 1.29 is 6.85 Å². The Morgan fingerprint density at radius 3 is 1.53 bits per heavy atom. The molecule has 0 aliphatic heterocycles. The molecule has 0 unspecified atom stereocenters. The van der Waals surface area contributed by atoms with E-state index in [0.717, 1.165) is 71.3 Å². The van der Waals surface area contributed by atoms with Crippen LogP contribution in [0.5, 0.6) is 0 Å². The number of hydrogen-bond donors (Lipinski definition) is 0. The monoisotopic (exact) mass is 601 g/mol. The smallest absolute Gasteiger partial charge is 0.0992 e. The molecule has 0 spiro atoms. The van der Waals surface area contributed by atoms with E-state index >= 15 is 0 Å². The van der Waals surface area contributed by atoms with Crippen LogP contribution < -0.4 is 0 Å². The zero-order valence-electron chi connectivity index (χ0n) is 30.2. The largest absolute Gasteiger partial charge is 0.309 e. The molecule has 2 heteroatoms. The minimum atomic E-state index is -0.414. The highest BCUT2D eigenvalue weighted by Crippen LogP contribution is 2.44. The molecular weight excluding hydrogens is 569 g/mol. The molecule has 0 amide bonds. The number of nitriles is 1. The van der Waals surface area contributed by atoms with Gasteiger partial charge < -0.3 is 4.57 Å². The summed E-state index contributed by atoms with van der Waals surface area (Å²) in [5.74, 6) is 0. The number of rotatable bonds is 4. The number of benzene rings is 8. The molecule has 0 fully saturated rings. The van der Waals surface area contributed by atoms with Crippen molar-refractivity contribution >= 4 is 43.4 Å². The third kappa shape index (κ3) is 4.33. The quantitative estimate of drug-likeness (QED) is 0.184. The highest BCUT2D eigenvalue weighted by molar-refractivity contribution is 6.21. The van der Waals surface area contributed by atoms with Crippen molar-refractivity contribution in [2.24, 2.45) is 0 Å². The average Bonchev–Trinajstić information content (AvgIpc) is 3.53. The fourth-order valence-corrected chi connectivity index (χ4v) is 7.11. The zero-order chi connectivity index (χ0) is 35.7. The summed E-state index contributed by atoms with van der Waals surface area (Å²) in [6, 6.07) is 47.5. The van der Waals surface area contributed by atoms with Gasteiger partial charge in [0.2, 0.25) is 0 Å². The molecule has 2 nitrogen and oxygen atoms in total. The summed E-state index contributed by atoms with van der Waals surface area (Å²) in [5, 5.41) is 15.9. The first-order valence-electron chi connectivity index (χ1n) is 18.0. The van der Waals surface area contributed by atoms with Crippen LogP contribution in [0.2, 0.25) is 0 Å². The van der Waals surface area contributed by atoms with Crippen LogP contribution in [0, 0.1) is 11.3 Å². The maximum absolute atomic E-state index is 10.2. The van der Waals surface area contributed by atoms with Gasteiger partial charge in [-0.05, 0) is 91.3 Å². The van der Waals surface area contributed by atoms with Crippen LogP contribution >= 0.6 is 0 Å². The standard InChI is InChI=1S/C45H28N2/c46-29-30-25-34(28-35(26-30)47-42-23-10-8-17-36(42)37-18-9-11-24-43(37)47)32-15-12-16-33(27-32)45-40-21-6-4-19-38(40)44(31-13-2-1-3-14-31)39-20-5-7-22-41(39)45/h1-28H/i1D,2D,3D,13D,14D. The van der Waals surface area contributed by atoms with Crippen LogP contribution in [-0.2, 0) is 0 Å². The van der Waals surface area contributed by atoms with E-state index in [0.29, 0.717) is 11.1 Å². The van der Waals surface area contributed by atoms with Gasteiger partial charge in [0.05, 0.1) is 29.5 Å². The van der Waals surface area contributed by atoms with Gasteiger partial charge in [-0.15, -0.1) is 0 Å². The second-order valence-corrected chi connectivity index (χ2v) is 11.7. The molecule has 0 saturated carbocycles. The van der Waals surface area contributed by atoms with Crippen LogP contribution in [0.15, 0.2) is 170 Å². The third-order valence-electron chi connectivity index (χ3n) is 9.05. The highest BCUT2D eigenvalue weighted by atomic mass is 15.0. The van der Waals surface area contributed by atoms with Crippen molar-refractivity contribution in [2.45, 2.75) is 0 Å². The molecule has 8 aromatic carbocycles. The number of nitrogens with zero attached hydrogens (tertiary/aromatic N) is 2. The second kappa shape index (κ2) is 10.9. The number of para-hydroxylation sites is 2. The van der Waals surface area contributed by atoms with Crippen molar-refractivity contribution in [1.29, 1.82) is 5.26 Å². The van der Waals surface area contributed by atoms with Crippen LogP contribution in [0.4, 0.5) is 0 Å². The van der Waals surface area contributed by atoms with E-state index in [1.165, 1.54) is 0 Å². The summed E-state index contributed by atoms with van der Waals surface area (Å²) in [6.45, 7) is 0. The van der Waals surface area contributed by atoms with Gasteiger partial charge in [-0.3, -0.25) is 0 Å². The van der Waals surface area contributed by atoms with Crippen molar-refractivity contribution in [3.8, 4) is 45.1 Å². The number of fused-ring (bicyclic) bond motifs is 5. The second-order valence-electron chi connectivity index (χ2n) is 11.7. The molecule has 9 rings (SSSR count). The van der Waals surface area contributed by atoms with Gasteiger partial charge in [0, 0.05) is 16.5 Å². The average molecular weight is 602 g/mol. The molecule has 0 bridgehead atoms. The molecular formula is C45H28N2. The van der Waals surface area contributed by atoms with Crippen molar-refractivity contribution in [1.82, 2.24) is 4.57 Å².